The summed E-state index contributed by atoms with van der Waals surface area (Å²) < 4.78 is 0. The minimum absolute atomic E-state index is 0. The Morgan fingerprint density at radius 2 is 1.48 bits per heavy atom. The van der Waals surface area contributed by atoms with Crippen LogP contribution in [0.1, 0.15) is 12.8 Å². The van der Waals surface area contributed by atoms with Gasteiger partial charge in [0.25, 0.3) is 0 Å². The Bertz CT molecular complexity index is 380. The largest absolute Gasteiger partial charge is 1.00 e. The van der Waals surface area contributed by atoms with E-state index in [2.05, 4.69) is 9.97 Å². The molecular formula is C9H9N2Na3O7. The van der Waals surface area contributed by atoms with Gasteiger partial charge in [0, 0.05) is 37.2 Å². The molecule has 0 bridgehead atoms. The number of H-pyrrole nitrogens is 1. The zero-order valence-electron chi connectivity index (χ0n) is 12.0. The summed E-state index contributed by atoms with van der Waals surface area (Å²) in [7, 11) is 0. The molecule has 100 valence electrons. The molecule has 0 saturated carbocycles. The summed E-state index contributed by atoms with van der Waals surface area (Å²) in [5.41, 5.74) is -2.97. The number of aromatic nitrogens is 2. The van der Waals surface area contributed by atoms with Gasteiger partial charge in [-0.2, -0.15) is 0 Å². The first kappa shape index (κ1) is 29.6. The van der Waals surface area contributed by atoms with Crippen LogP contribution < -0.4 is 104 Å². The van der Waals surface area contributed by atoms with Gasteiger partial charge >= 0.3 is 88.7 Å². The predicted molar refractivity (Wildman–Crippen MR) is 47.8 cm³/mol. The topological polar surface area (TPSA) is 169 Å². The van der Waals surface area contributed by atoms with Gasteiger partial charge in [-0.25, -0.2) is 4.98 Å². The maximum atomic E-state index is 10.1. The number of aliphatic carboxylic acids is 3. The number of carboxylic acid groups (broad SMARTS) is 3. The normalized spacial score (nSPS) is 8.62. The van der Waals surface area contributed by atoms with E-state index in [0.717, 1.165) is 0 Å². The second kappa shape index (κ2) is 15.5. The fraction of sp³-hybridized carbons (Fsp3) is 0.333. The van der Waals surface area contributed by atoms with Crippen molar-refractivity contribution >= 4 is 17.9 Å². The first-order valence-electron chi connectivity index (χ1n) is 4.54. The number of rotatable bonds is 5. The van der Waals surface area contributed by atoms with Gasteiger partial charge in [-0.15, -0.1) is 0 Å². The van der Waals surface area contributed by atoms with Crippen molar-refractivity contribution in [3.63, 3.8) is 0 Å². The first-order valence-corrected chi connectivity index (χ1v) is 4.54. The third kappa shape index (κ3) is 15.3. The van der Waals surface area contributed by atoms with Crippen molar-refractivity contribution in [2.45, 2.75) is 18.4 Å². The van der Waals surface area contributed by atoms with Crippen LogP contribution in [0.5, 0.6) is 0 Å². The number of carbonyl (C=O) groups excluding carboxylic acids is 3. The minimum atomic E-state index is -2.97. The smallest absolute Gasteiger partial charge is 0.550 e. The molecule has 9 nitrogen and oxygen atoms in total. The fourth-order valence-electron chi connectivity index (χ4n) is 0.900. The fourth-order valence-corrected chi connectivity index (χ4v) is 0.900. The average Bonchev–Trinajstić information content (AvgIpc) is 2.71. The molecule has 0 radical (unpaired) electrons. The first-order chi connectivity index (χ1) is 8.28. The summed E-state index contributed by atoms with van der Waals surface area (Å²) in [6, 6.07) is 0. The van der Waals surface area contributed by atoms with Crippen molar-refractivity contribution in [2.24, 2.45) is 0 Å². The van der Waals surface area contributed by atoms with E-state index in [4.69, 9.17) is 5.11 Å². The molecule has 21 heavy (non-hydrogen) atoms. The van der Waals surface area contributed by atoms with Crippen LogP contribution in [0.15, 0.2) is 18.7 Å². The van der Waals surface area contributed by atoms with E-state index in [9.17, 15) is 29.7 Å². The van der Waals surface area contributed by atoms with Gasteiger partial charge in [-0.05, 0) is 0 Å². The average molecular weight is 326 g/mol. The number of aliphatic hydroxyl groups is 1. The van der Waals surface area contributed by atoms with E-state index in [0.29, 0.717) is 0 Å². The number of nitrogens with one attached hydrogen (secondary N) is 1. The molecule has 0 fully saturated rings. The van der Waals surface area contributed by atoms with Gasteiger partial charge in [0.2, 0.25) is 0 Å². The Hall–Kier alpha value is 0.580. The van der Waals surface area contributed by atoms with E-state index in [1.807, 2.05) is 0 Å². The Morgan fingerprint density at radius 3 is 1.62 bits per heavy atom. The van der Waals surface area contributed by atoms with Crippen molar-refractivity contribution < 1.29 is 123 Å². The van der Waals surface area contributed by atoms with Crippen LogP contribution in [0.25, 0.3) is 0 Å². The molecular weight excluding hydrogens is 317 g/mol. The van der Waals surface area contributed by atoms with Crippen LogP contribution in [0.2, 0.25) is 0 Å². The third-order valence-corrected chi connectivity index (χ3v) is 1.66. The molecule has 0 aromatic carbocycles. The summed E-state index contributed by atoms with van der Waals surface area (Å²) in [5, 5.41) is 38.9. The van der Waals surface area contributed by atoms with Gasteiger partial charge < -0.3 is 39.8 Å². The van der Waals surface area contributed by atoms with Crippen LogP contribution in [-0.2, 0) is 14.4 Å². The number of aromatic amines is 1. The molecule has 1 aromatic heterocycles. The van der Waals surface area contributed by atoms with Crippen molar-refractivity contribution in [2.75, 3.05) is 0 Å². The standard InChI is InChI=1S/C6H8O7.C3H4N2.3Na/c7-3(8)1-6(13,5(11)12)2-4(9)10;1-2-5-3-4-1;;;/h13H,1-2H2,(H,7,8)(H,9,10)(H,11,12);1-3H,(H,4,5);;;/q;;3*+1/p-3. The molecule has 1 rings (SSSR count). The van der Waals surface area contributed by atoms with E-state index < -0.39 is 36.4 Å². The molecule has 0 aliphatic heterocycles. The van der Waals surface area contributed by atoms with Gasteiger partial charge in [0.15, 0.2) is 0 Å². The SMILES string of the molecule is O=C([O-])CC(O)(CC(=O)[O-])C(=O)[O-].[Na+].[Na+].[Na+].c1c[nH]cn1. The molecule has 1 aromatic rings. The number of carboxylic acids is 3. The van der Waals surface area contributed by atoms with Crippen molar-refractivity contribution in [1.29, 1.82) is 0 Å². The van der Waals surface area contributed by atoms with Crippen LogP contribution in [-0.4, -0.2) is 38.6 Å². The van der Waals surface area contributed by atoms with Crippen LogP contribution >= 0.6 is 0 Å². The number of carbonyl (C=O) groups is 3. The maximum Gasteiger partial charge on any atom is 1.00 e. The summed E-state index contributed by atoms with van der Waals surface area (Å²) in [6.07, 6.45) is 2.37. The zero-order chi connectivity index (χ0) is 14.2. The molecule has 1 heterocycles. The Balaban J connectivity index is -0.000000154. The monoisotopic (exact) mass is 326 g/mol. The third-order valence-electron chi connectivity index (χ3n) is 1.66. The Kier molecular flexibility index (Phi) is 21.8. The Morgan fingerprint density at radius 1 is 1.05 bits per heavy atom. The van der Waals surface area contributed by atoms with Crippen LogP contribution in [0, 0.1) is 0 Å². The van der Waals surface area contributed by atoms with Gasteiger partial charge in [-0.3, -0.25) is 0 Å². The number of nitrogens with zero attached hydrogens (tertiary/aromatic N) is 1. The van der Waals surface area contributed by atoms with E-state index in [-0.39, 0.29) is 88.7 Å². The van der Waals surface area contributed by atoms with Crippen molar-refractivity contribution in [3.05, 3.63) is 18.7 Å². The van der Waals surface area contributed by atoms with Gasteiger partial charge in [0.1, 0.15) is 5.60 Å². The van der Waals surface area contributed by atoms with E-state index in [1.165, 1.54) is 0 Å². The summed E-state index contributed by atoms with van der Waals surface area (Å²) >= 11 is 0. The van der Waals surface area contributed by atoms with Crippen LogP contribution in [0.4, 0.5) is 0 Å². The molecule has 0 unspecified atom stereocenters. The second-order valence-electron chi connectivity index (χ2n) is 3.18. The molecule has 12 heteroatoms. The van der Waals surface area contributed by atoms with Crippen molar-refractivity contribution in [1.82, 2.24) is 9.97 Å². The molecule has 0 atom stereocenters. The molecule has 0 spiro atoms. The van der Waals surface area contributed by atoms with Gasteiger partial charge in [-0.1, -0.05) is 0 Å². The quantitative estimate of drug-likeness (QED) is 0.502. The van der Waals surface area contributed by atoms with Gasteiger partial charge in [0.05, 0.1) is 12.3 Å². The molecule has 0 aliphatic carbocycles. The molecule has 0 amide bonds. The van der Waals surface area contributed by atoms with Crippen molar-refractivity contribution in [3.8, 4) is 0 Å². The predicted octanol–water partition coefficient (Wildman–Crippen LogP) is -13.8. The maximum absolute atomic E-state index is 10.1. The number of hydrogen-bond donors (Lipinski definition) is 2. The molecule has 0 saturated heterocycles. The zero-order valence-corrected chi connectivity index (χ0v) is 18.0. The Labute approximate surface area is 186 Å². The number of hydrogen-bond acceptors (Lipinski definition) is 8. The van der Waals surface area contributed by atoms with E-state index >= 15 is 0 Å². The molecule has 0 aliphatic rings. The van der Waals surface area contributed by atoms with Crippen LogP contribution in [0.3, 0.4) is 0 Å². The summed E-state index contributed by atoms with van der Waals surface area (Å²) in [6.45, 7) is 0. The summed E-state index contributed by atoms with van der Waals surface area (Å²) in [4.78, 5) is 36.4. The summed E-state index contributed by atoms with van der Waals surface area (Å²) in [5.74, 6) is -5.98. The van der Waals surface area contributed by atoms with E-state index in [1.54, 1.807) is 18.7 Å². The second-order valence-corrected chi connectivity index (χ2v) is 3.18. The minimum Gasteiger partial charge on any atom is -0.550 e. The molecule has 2 N–H and O–H groups in total. The number of imidazole rings is 1.